The zero-order valence-electron chi connectivity index (χ0n) is 32.1. The molecule has 3 N–H and O–H groups in total. The van der Waals surface area contributed by atoms with Gasteiger partial charge in [0, 0.05) is 23.5 Å². The Labute approximate surface area is 329 Å². The first-order chi connectivity index (χ1) is 27.2. The van der Waals surface area contributed by atoms with Gasteiger partial charge in [0.25, 0.3) is 16.1 Å². The predicted molar refractivity (Wildman–Crippen MR) is 208 cm³/mol. The SMILES string of the molecule is C=C/C=C(\C=C/C)c1c(C(=O)Nc2ccccc2)c(C(C)C)n(CC[C@@H](O)C[C@@H](O)CC(=O)OCCOCC(CCO[N+](=O)[O-])O[N+](=O)[O-])c1-c1ccc(F)cc1. The molecular weight excluding hydrogens is 747 g/mol. The summed E-state index contributed by atoms with van der Waals surface area (Å²) in [5, 5.41) is 43.7. The van der Waals surface area contributed by atoms with Crippen LogP contribution in [0.15, 0.2) is 85.5 Å². The minimum atomic E-state index is -1.28. The van der Waals surface area contributed by atoms with E-state index in [-0.39, 0.29) is 57.5 Å². The molecule has 17 heteroatoms. The van der Waals surface area contributed by atoms with E-state index in [4.69, 9.17) is 9.47 Å². The number of aliphatic hydroxyl groups is 2. The number of halogens is 1. The third-order valence-electron chi connectivity index (χ3n) is 8.46. The number of aromatic nitrogens is 1. The second kappa shape index (κ2) is 23.2. The number of anilines is 1. The molecule has 0 saturated carbocycles. The van der Waals surface area contributed by atoms with Gasteiger partial charge in [0.1, 0.15) is 18.5 Å². The van der Waals surface area contributed by atoms with Crippen LogP contribution in [-0.4, -0.2) is 81.6 Å². The molecule has 1 unspecified atom stereocenters. The van der Waals surface area contributed by atoms with Crippen molar-refractivity contribution in [2.75, 3.05) is 31.7 Å². The number of carbonyl (C=O) groups is 2. The molecule has 0 radical (unpaired) electrons. The lowest BCUT2D eigenvalue weighted by molar-refractivity contribution is -0.774. The first-order valence-corrected chi connectivity index (χ1v) is 18.3. The largest absolute Gasteiger partial charge is 0.463 e. The summed E-state index contributed by atoms with van der Waals surface area (Å²) in [6, 6.07) is 14.9. The molecular formula is C40H49FN4O12. The third-order valence-corrected chi connectivity index (χ3v) is 8.46. The molecule has 2 aromatic carbocycles. The molecule has 0 aliphatic heterocycles. The van der Waals surface area contributed by atoms with Gasteiger partial charge in [-0.05, 0) is 79.6 Å². The molecule has 1 aromatic heterocycles. The molecule has 1 heterocycles. The molecule has 3 rings (SSSR count). The molecule has 0 fully saturated rings. The van der Waals surface area contributed by atoms with Gasteiger partial charge in [-0.15, -0.1) is 20.2 Å². The van der Waals surface area contributed by atoms with Crippen molar-refractivity contribution >= 4 is 23.1 Å². The Balaban J connectivity index is 1.79. The monoisotopic (exact) mass is 796 g/mol. The Morgan fingerprint density at radius 3 is 2.28 bits per heavy atom. The van der Waals surface area contributed by atoms with E-state index >= 15 is 0 Å². The van der Waals surface area contributed by atoms with Gasteiger partial charge in [-0.1, -0.05) is 62.9 Å². The smallest absolute Gasteiger partial charge is 0.308 e. The summed E-state index contributed by atoms with van der Waals surface area (Å²) in [6.07, 6.45) is 2.82. The van der Waals surface area contributed by atoms with Crippen molar-refractivity contribution in [2.45, 2.75) is 77.2 Å². The van der Waals surface area contributed by atoms with Crippen LogP contribution in [0.5, 0.6) is 0 Å². The number of hydrogen-bond acceptors (Lipinski definition) is 12. The average Bonchev–Trinajstić information content (AvgIpc) is 3.49. The topological polar surface area (TPSA) is 215 Å². The second-order valence-electron chi connectivity index (χ2n) is 13.1. The van der Waals surface area contributed by atoms with E-state index in [2.05, 4.69) is 21.6 Å². The summed E-state index contributed by atoms with van der Waals surface area (Å²) in [5.74, 6) is -1.80. The number of esters is 1. The normalized spacial score (nSPS) is 13.2. The molecule has 57 heavy (non-hydrogen) atoms. The van der Waals surface area contributed by atoms with Gasteiger partial charge in [0.05, 0.1) is 49.7 Å². The number of hydrogen-bond donors (Lipinski definition) is 3. The van der Waals surface area contributed by atoms with Gasteiger partial charge < -0.3 is 39.2 Å². The Kier molecular flexibility index (Phi) is 18.5. The van der Waals surface area contributed by atoms with Crippen LogP contribution < -0.4 is 5.32 Å². The first-order valence-electron chi connectivity index (χ1n) is 18.3. The van der Waals surface area contributed by atoms with Crippen LogP contribution in [0, 0.1) is 26.0 Å². The van der Waals surface area contributed by atoms with E-state index in [0.717, 1.165) is 0 Å². The maximum Gasteiger partial charge on any atom is 0.308 e. The van der Waals surface area contributed by atoms with Crippen molar-refractivity contribution in [1.82, 2.24) is 4.57 Å². The van der Waals surface area contributed by atoms with Crippen LogP contribution in [0.4, 0.5) is 10.1 Å². The van der Waals surface area contributed by atoms with Crippen molar-refractivity contribution in [2.24, 2.45) is 0 Å². The Morgan fingerprint density at radius 1 is 0.965 bits per heavy atom. The van der Waals surface area contributed by atoms with E-state index in [9.17, 15) is 44.4 Å². The number of nitrogens with one attached hydrogen (secondary N) is 1. The zero-order valence-corrected chi connectivity index (χ0v) is 32.1. The average molecular weight is 797 g/mol. The fraction of sp³-hybridized carbons (Fsp3) is 0.400. The second-order valence-corrected chi connectivity index (χ2v) is 13.1. The lowest BCUT2D eigenvalue weighted by atomic mass is 9.93. The van der Waals surface area contributed by atoms with Crippen LogP contribution in [0.2, 0.25) is 0 Å². The standard InChI is InChI=1S/C40H49FN4O12/c1-5-10-28(11-6-2)36-37(40(49)42-31-12-8-7-9-13-31)38(27(3)4)43(39(36)29-14-16-30(41)17-15-29)20-18-32(46)24-33(47)25-35(48)55-23-22-54-26-34(57-45(52)53)19-21-56-44(50)51/h5-17,27,32-34,46-47H,1,18-26H2,2-4H3,(H,42,49)/b11-6-,28-10+/t32-,33-,34?/m1/s1. The van der Waals surface area contributed by atoms with Crippen LogP contribution in [0.3, 0.4) is 0 Å². The highest BCUT2D eigenvalue weighted by Crippen LogP contribution is 2.41. The molecule has 0 saturated heterocycles. The van der Waals surface area contributed by atoms with Crippen LogP contribution >= 0.6 is 0 Å². The van der Waals surface area contributed by atoms with E-state index in [1.807, 2.05) is 55.7 Å². The molecule has 3 aromatic rings. The summed E-state index contributed by atoms with van der Waals surface area (Å²) in [6.45, 7) is 8.56. The number of ether oxygens (including phenoxy) is 2. The van der Waals surface area contributed by atoms with Gasteiger partial charge in [0.15, 0.2) is 0 Å². The highest BCUT2D eigenvalue weighted by atomic mass is 19.1. The molecule has 0 bridgehead atoms. The minimum absolute atomic E-state index is 0.103. The first kappa shape index (κ1) is 45.5. The van der Waals surface area contributed by atoms with Crippen LogP contribution in [0.25, 0.3) is 16.8 Å². The Morgan fingerprint density at radius 2 is 1.67 bits per heavy atom. The quantitative estimate of drug-likeness (QED) is 0.0278. The fourth-order valence-corrected chi connectivity index (χ4v) is 6.15. The van der Waals surface area contributed by atoms with Crippen LogP contribution in [-0.2, 0) is 30.5 Å². The number of amides is 1. The summed E-state index contributed by atoms with van der Waals surface area (Å²) in [4.78, 5) is 56.2. The predicted octanol–water partition coefficient (Wildman–Crippen LogP) is 6.44. The molecule has 0 aliphatic carbocycles. The molecule has 0 spiro atoms. The molecule has 308 valence electrons. The molecule has 1 amide bonds. The van der Waals surface area contributed by atoms with E-state index in [1.54, 1.807) is 36.4 Å². The fourth-order valence-electron chi connectivity index (χ4n) is 6.15. The van der Waals surface area contributed by atoms with Gasteiger partial charge in [-0.2, -0.15) is 0 Å². The van der Waals surface area contributed by atoms with Gasteiger partial charge >= 0.3 is 5.97 Å². The summed E-state index contributed by atoms with van der Waals surface area (Å²) in [5.41, 5.74) is 4.15. The van der Waals surface area contributed by atoms with Crippen molar-refractivity contribution in [3.63, 3.8) is 0 Å². The van der Waals surface area contributed by atoms with Crippen LogP contribution in [0.1, 0.15) is 74.0 Å². The molecule has 0 aliphatic rings. The van der Waals surface area contributed by atoms with E-state index < -0.39 is 53.3 Å². The number of benzene rings is 2. The van der Waals surface area contributed by atoms with Crippen molar-refractivity contribution in [1.29, 1.82) is 0 Å². The third kappa shape index (κ3) is 14.6. The zero-order chi connectivity index (χ0) is 41.9. The van der Waals surface area contributed by atoms with Crippen molar-refractivity contribution in [3.05, 3.63) is 128 Å². The number of rotatable bonds is 25. The number of nitrogens with zero attached hydrogens (tertiary/aromatic N) is 3. The molecule has 3 atom stereocenters. The lowest BCUT2D eigenvalue weighted by Crippen LogP contribution is -2.26. The summed E-state index contributed by atoms with van der Waals surface area (Å²) in [7, 11) is 0. The molecule has 16 nitrogen and oxygen atoms in total. The van der Waals surface area contributed by atoms with Crippen molar-refractivity contribution < 1.29 is 53.5 Å². The number of aliphatic hydroxyl groups excluding tert-OH is 2. The number of para-hydroxylation sites is 1. The van der Waals surface area contributed by atoms with E-state index in [0.29, 0.717) is 39.3 Å². The van der Waals surface area contributed by atoms with Gasteiger partial charge in [-0.25, -0.2) is 4.39 Å². The van der Waals surface area contributed by atoms with Gasteiger partial charge in [0.2, 0.25) is 0 Å². The number of carbonyl (C=O) groups excluding carboxylic acids is 2. The highest BCUT2D eigenvalue weighted by molar-refractivity contribution is 6.11. The Bertz CT molecular complexity index is 1860. The summed E-state index contributed by atoms with van der Waals surface area (Å²) >= 11 is 0. The maximum absolute atomic E-state index is 14.3. The lowest BCUT2D eigenvalue weighted by Gasteiger charge is -2.20. The minimum Gasteiger partial charge on any atom is -0.463 e. The van der Waals surface area contributed by atoms with Gasteiger partial charge in [-0.3, -0.25) is 9.59 Å². The Hall–Kier alpha value is -5.91. The summed E-state index contributed by atoms with van der Waals surface area (Å²) < 4.78 is 26.5. The highest BCUT2D eigenvalue weighted by Gasteiger charge is 2.31. The maximum atomic E-state index is 14.3. The number of allylic oxidation sites excluding steroid dienone is 5. The van der Waals surface area contributed by atoms with Crippen molar-refractivity contribution in [3.8, 4) is 11.3 Å². The van der Waals surface area contributed by atoms with E-state index in [1.165, 1.54) is 12.1 Å².